The molecule has 1 aromatic rings. The number of nitrogens with one attached hydrogen (secondary N) is 2. The van der Waals surface area contributed by atoms with Gasteiger partial charge in [0, 0.05) is 52.0 Å². The Morgan fingerprint density at radius 2 is 1.96 bits per heavy atom. The molecule has 1 unspecified atom stereocenters. The van der Waals surface area contributed by atoms with Gasteiger partial charge in [-0.25, -0.2) is 0 Å². The Bertz CT molecular complexity index is 593. The fraction of sp³-hybridized carbons (Fsp3) is 0.789. The van der Waals surface area contributed by atoms with Crippen molar-refractivity contribution in [2.45, 2.75) is 39.7 Å². The van der Waals surface area contributed by atoms with E-state index in [-0.39, 0.29) is 0 Å². The summed E-state index contributed by atoms with van der Waals surface area (Å²) in [6.07, 6.45) is 2.20. The lowest BCUT2D eigenvalue weighted by molar-refractivity contribution is 0.280. The first kappa shape index (κ1) is 20.7. The van der Waals surface area contributed by atoms with Crippen molar-refractivity contribution in [2.75, 3.05) is 53.4 Å². The Hall–Kier alpha value is -1.60. The fourth-order valence-corrected chi connectivity index (χ4v) is 3.55. The summed E-state index contributed by atoms with van der Waals surface area (Å²) in [5.74, 6) is 0.878. The number of aryl methyl sites for hydroxylation is 2. The van der Waals surface area contributed by atoms with Crippen molar-refractivity contribution in [1.82, 2.24) is 30.2 Å². The molecule has 26 heavy (non-hydrogen) atoms. The summed E-state index contributed by atoms with van der Waals surface area (Å²) in [5.41, 5.74) is 3.69. The molecule has 1 aliphatic heterocycles. The van der Waals surface area contributed by atoms with E-state index in [1.807, 2.05) is 18.8 Å². The molecule has 0 aromatic carbocycles. The van der Waals surface area contributed by atoms with Gasteiger partial charge in [-0.1, -0.05) is 0 Å². The van der Waals surface area contributed by atoms with E-state index in [9.17, 15) is 0 Å². The summed E-state index contributed by atoms with van der Waals surface area (Å²) in [7, 11) is 6.05. The number of rotatable bonds is 6. The van der Waals surface area contributed by atoms with Gasteiger partial charge < -0.3 is 20.4 Å². The van der Waals surface area contributed by atoms with Gasteiger partial charge in [0.25, 0.3) is 0 Å². The number of nitrogens with zero attached hydrogens (tertiary/aromatic N) is 5. The van der Waals surface area contributed by atoms with E-state index in [2.05, 4.69) is 58.3 Å². The molecule has 1 fully saturated rings. The van der Waals surface area contributed by atoms with Crippen molar-refractivity contribution in [3.63, 3.8) is 0 Å². The van der Waals surface area contributed by atoms with Crippen LogP contribution in [0, 0.1) is 13.8 Å². The molecule has 2 rings (SSSR count). The maximum Gasteiger partial charge on any atom is 0.191 e. The molecule has 1 atom stereocenters. The van der Waals surface area contributed by atoms with Gasteiger partial charge in [-0.15, -0.1) is 0 Å². The minimum atomic E-state index is 0.301. The lowest BCUT2D eigenvalue weighted by Gasteiger charge is -2.22. The molecule has 1 saturated heterocycles. The number of aromatic nitrogens is 2. The zero-order valence-electron chi connectivity index (χ0n) is 17.5. The average molecular weight is 364 g/mol. The average Bonchev–Trinajstić information content (AvgIpc) is 2.76. The fourth-order valence-electron chi connectivity index (χ4n) is 3.55. The standard InChI is InChI=1S/C19H37N7/c1-15(14-18-16(2)23-25(6)17(18)3)22-19(20-4)21-8-11-26-10-7-9-24(5)12-13-26/h15H,7-14H2,1-6H3,(H2,20,21,22). The highest BCUT2D eigenvalue weighted by Gasteiger charge is 2.15. The minimum Gasteiger partial charge on any atom is -0.355 e. The number of aliphatic imine (C=N–C) groups is 1. The van der Waals surface area contributed by atoms with Crippen LogP contribution >= 0.6 is 0 Å². The second-order valence-electron chi connectivity index (χ2n) is 7.52. The maximum absolute atomic E-state index is 4.51. The second-order valence-corrected chi connectivity index (χ2v) is 7.52. The molecule has 7 nitrogen and oxygen atoms in total. The summed E-state index contributed by atoms with van der Waals surface area (Å²) in [6, 6.07) is 0.301. The predicted molar refractivity (Wildman–Crippen MR) is 109 cm³/mol. The summed E-state index contributed by atoms with van der Waals surface area (Å²) >= 11 is 0. The first-order valence-electron chi connectivity index (χ1n) is 9.77. The van der Waals surface area contributed by atoms with Crippen molar-refractivity contribution in [3.8, 4) is 0 Å². The van der Waals surface area contributed by atoms with Crippen LogP contribution in [0.2, 0.25) is 0 Å². The van der Waals surface area contributed by atoms with Gasteiger partial charge in [-0.2, -0.15) is 5.10 Å². The maximum atomic E-state index is 4.51. The summed E-state index contributed by atoms with van der Waals surface area (Å²) in [4.78, 5) is 9.33. The summed E-state index contributed by atoms with van der Waals surface area (Å²) in [5, 5.41) is 11.5. The van der Waals surface area contributed by atoms with Crippen molar-refractivity contribution >= 4 is 5.96 Å². The van der Waals surface area contributed by atoms with E-state index < -0.39 is 0 Å². The molecular weight excluding hydrogens is 326 g/mol. The number of hydrogen-bond donors (Lipinski definition) is 2. The van der Waals surface area contributed by atoms with E-state index in [4.69, 9.17) is 0 Å². The van der Waals surface area contributed by atoms with E-state index in [1.165, 1.54) is 30.8 Å². The third-order valence-corrected chi connectivity index (χ3v) is 5.31. The lowest BCUT2D eigenvalue weighted by Crippen LogP contribution is -2.45. The monoisotopic (exact) mass is 363 g/mol. The van der Waals surface area contributed by atoms with E-state index >= 15 is 0 Å². The highest BCUT2D eigenvalue weighted by Crippen LogP contribution is 2.14. The van der Waals surface area contributed by atoms with Gasteiger partial charge in [0.2, 0.25) is 0 Å². The first-order chi connectivity index (χ1) is 12.4. The number of guanidine groups is 1. The largest absolute Gasteiger partial charge is 0.355 e. The third-order valence-electron chi connectivity index (χ3n) is 5.31. The van der Waals surface area contributed by atoms with E-state index in [0.717, 1.165) is 44.3 Å². The van der Waals surface area contributed by atoms with Crippen molar-refractivity contribution in [1.29, 1.82) is 0 Å². The van der Waals surface area contributed by atoms with Crippen LogP contribution in [0.15, 0.2) is 4.99 Å². The van der Waals surface area contributed by atoms with Crippen LogP contribution in [0.4, 0.5) is 0 Å². The molecule has 0 radical (unpaired) electrons. The molecule has 0 saturated carbocycles. The predicted octanol–water partition coefficient (Wildman–Crippen LogP) is 0.770. The highest BCUT2D eigenvalue weighted by molar-refractivity contribution is 5.79. The van der Waals surface area contributed by atoms with Gasteiger partial charge in [0.05, 0.1) is 5.69 Å². The molecule has 0 bridgehead atoms. The molecule has 1 aliphatic rings. The Balaban J connectivity index is 1.76. The molecule has 2 heterocycles. The topological polar surface area (TPSA) is 60.7 Å². The van der Waals surface area contributed by atoms with Gasteiger partial charge in [0.15, 0.2) is 5.96 Å². The SMILES string of the molecule is CN=C(NCCN1CCCN(C)CC1)NC(C)Cc1c(C)nn(C)c1C. The van der Waals surface area contributed by atoms with Crippen molar-refractivity contribution in [2.24, 2.45) is 12.0 Å². The van der Waals surface area contributed by atoms with Crippen LogP contribution in [-0.4, -0.2) is 84.9 Å². The zero-order chi connectivity index (χ0) is 19.1. The molecule has 0 aliphatic carbocycles. The molecule has 0 amide bonds. The molecule has 2 N–H and O–H groups in total. The molecule has 148 valence electrons. The van der Waals surface area contributed by atoms with Crippen molar-refractivity contribution in [3.05, 3.63) is 17.0 Å². The molecular formula is C19H37N7. The molecule has 1 aromatic heterocycles. The number of likely N-dealkylation sites (N-methyl/N-ethyl adjacent to an activating group) is 1. The van der Waals surface area contributed by atoms with Gasteiger partial charge in [-0.3, -0.25) is 9.67 Å². The van der Waals surface area contributed by atoms with Gasteiger partial charge >= 0.3 is 0 Å². The van der Waals surface area contributed by atoms with Crippen LogP contribution in [0.25, 0.3) is 0 Å². The Labute approximate surface area is 158 Å². The van der Waals surface area contributed by atoms with Gasteiger partial charge in [-0.05, 0) is 59.3 Å². The highest BCUT2D eigenvalue weighted by atomic mass is 15.3. The Morgan fingerprint density at radius 1 is 1.19 bits per heavy atom. The summed E-state index contributed by atoms with van der Waals surface area (Å²) in [6.45, 7) is 13.1. The third kappa shape index (κ3) is 5.99. The van der Waals surface area contributed by atoms with Gasteiger partial charge in [0.1, 0.15) is 0 Å². The van der Waals surface area contributed by atoms with Crippen LogP contribution in [0.5, 0.6) is 0 Å². The Morgan fingerprint density at radius 3 is 2.62 bits per heavy atom. The molecule has 0 spiro atoms. The van der Waals surface area contributed by atoms with E-state index in [0.29, 0.717) is 6.04 Å². The second kappa shape index (κ2) is 9.92. The molecule has 7 heteroatoms. The first-order valence-corrected chi connectivity index (χ1v) is 9.77. The van der Waals surface area contributed by atoms with Crippen molar-refractivity contribution < 1.29 is 0 Å². The van der Waals surface area contributed by atoms with E-state index in [1.54, 1.807) is 0 Å². The smallest absolute Gasteiger partial charge is 0.191 e. The number of hydrogen-bond acceptors (Lipinski definition) is 4. The Kier molecular flexibility index (Phi) is 7.90. The summed E-state index contributed by atoms with van der Waals surface area (Å²) < 4.78 is 1.96. The van der Waals surface area contributed by atoms with Crippen LogP contribution in [-0.2, 0) is 13.5 Å². The van der Waals surface area contributed by atoms with Crippen LogP contribution < -0.4 is 10.6 Å². The minimum absolute atomic E-state index is 0.301. The quantitative estimate of drug-likeness (QED) is 0.578. The van der Waals surface area contributed by atoms with Crippen LogP contribution in [0.3, 0.4) is 0 Å². The lowest BCUT2D eigenvalue weighted by atomic mass is 10.1. The van der Waals surface area contributed by atoms with Crippen LogP contribution in [0.1, 0.15) is 30.3 Å². The zero-order valence-corrected chi connectivity index (χ0v) is 17.5. The normalized spacial score (nSPS) is 18.6.